The lowest BCUT2D eigenvalue weighted by Crippen LogP contribution is -2.46. The minimum absolute atomic E-state index is 0.269. The highest BCUT2D eigenvalue weighted by atomic mass is 35.5. The normalized spacial score (nSPS) is 14.1. The lowest BCUT2D eigenvalue weighted by Gasteiger charge is -2.36. The molecule has 178 valence electrons. The van der Waals surface area contributed by atoms with Crippen molar-refractivity contribution < 1.29 is 9.59 Å². The molecule has 2 aromatic carbocycles. The second-order valence-electron chi connectivity index (χ2n) is 7.50. The Hall–Kier alpha value is -1.84. The Bertz CT molecular complexity index is 937. The number of benzene rings is 2. The van der Waals surface area contributed by atoms with Crippen molar-refractivity contribution in [2.45, 2.75) is 6.42 Å². The summed E-state index contributed by atoms with van der Waals surface area (Å²) in [5.74, 6) is 0.871. The Labute approximate surface area is 213 Å². The minimum atomic E-state index is -0.580. The van der Waals surface area contributed by atoms with Gasteiger partial charge in [-0.05, 0) is 55.1 Å². The van der Waals surface area contributed by atoms with Gasteiger partial charge >= 0.3 is 6.03 Å². The minimum Gasteiger partial charge on any atom is -0.369 e. The standard InChI is InChI=1S/C22H26Cl3N5O2S/c23-16-3-1-4-20(14-16)30-8-6-29(7-9-30)5-2-10-33-15-21(31)27-28-22(32)26-19-12-17(24)11-18(25)13-19/h1,3-4,11-14H,2,5-10,15H2,(H,27,31)(H2,26,28,32). The summed E-state index contributed by atoms with van der Waals surface area (Å²) in [4.78, 5) is 28.6. The Balaban J connectivity index is 1.23. The quantitative estimate of drug-likeness (QED) is 0.339. The number of hydrazine groups is 1. The highest BCUT2D eigenvalue weighted by molar-refractivity contribution is 7.99. The van der Waals surface area contributed by atoms with Gasteiger partial charge in [-0.3, -0.25) is 15.1 Å². The Kier molecular flexibility index (Phi) is 10.3. The molecule has 0 unspecified atom stereocenters. The molecule has 11 heteroatoms. The van der Waals surface area contributed by atoms with Gasteiger partial charge in [-0.1, -0.05) is 40.9 Å². The van der Waals surface area contributed by atoms with Crippen molar-refractivity contribution >= 4 is 69.9 Å². The first-order chi connectivity index (χ1) is 15.9. The van der Waals surface area contributed by atoms with Crippen molar-refractivity contribution in [1.82, 2.24) is 15.8 Å². The molecule has 1 aliphatic heterocycles. The molecule has 0 aromatic heterocycles. The molecule has 0 radical (unpaired) electrons. The smallest absolute Gasteiger partial charge is 0.337 e. The Morgan fingerprint density at radius 2 is 1.64 bits per heavy atom. The van der Waals surface area contributed by atoms with E-state index in [0.29, 0.717) is 15.7 Å². The number of amides is 3. The van der Waals surface area contributed by atoms with Crippen LogP contribution in [-0.2, 0) is 4.79 Å². The molecule has 0 saturated carbocycles. The molecule has 0 bridgehead atoms. The molecule has 3 rings (SSSR count). The monoisotopic (exact) mass is 529 g/mol. The number of carbonyl (C=O) groups is 2. The van der Waals surface area contributed by atoms with Crippen LogP contribution < -0.4 is 21.1 Å². The number of piperazine rings is 1. The van der Waals surface area contributed by atoms with Crippen LogP contribution in [0.1, 0.15) is 6.42 Å². The number of urea groups is 1. The summed E-state index contributed by atoms with van der Waals surface area (Å²) in [6, 6.07) is 12.1. The summed E-state index contributed by atoms with van der Waals surface area (Å²) in [7, 11) is 0. The first-order valence-electron chi connectivity index (χ1n) is 10.5. The maximum atomic E-state index is 11.9. The summed E-state index contributed by atoms with van der Waals surface area (Å²) in [6.45, 7) is 4.97. The van der Waals surface area contributed by atoms with Gasteiger partial charge in [0.15, 0.2) is 0 Å². The fourth-order valence-electron chi connectivity index (χ4n) is 3.41. The number of nitrogens with one attached hydrogen (secondary N) is 3. The third kappa shape index (κ3) is 9.14. The first-order valence-corrected chi connectivity index (χ1v) is 12.8. The van der Waals surface area contributed by atoms with Crippen molar-refractivity contribution in [1.29, 1.82) is 0 Å². The van der Waals surface area contributed by atoms with E-state index in [4.69, 9.17) is 34.8 Å². The number of thioether (sulfide) groups is 1. The average Bonchev–Trinajstić information content (AvgIpc) is 2.77. The van der Waals surface area contributed by atoms with Crippen molar-refractivity contribution in [3.8, 4) is 0 Å². The third-order valence-electron chi connectivity index (χ3n) is 4.98. The zero-order valence-electron chi connectivity index (χ0n) is 18.0. The summed E-state index contributed by atoms with van der Waals surface area (Å²) >= 11 is 19.4. The maximum absolute atomic E-state index is 11.9. The SMILES string of the molecule is O=C(CSCCCN1CCN(c2cccc(Cl)c2)CC1)NNC(=O)Nc1cc(Cl)cc(Cl)c1. The van der Waals surface area contributed by atoms with Gasteiger partial charge in [-0.15, -0.1) is 0 Å². The number of halogens is 3. The molecule has 0 atom stereocenters. The van der Waals surface area contributed by atoms with E-state index in [1.165, 1.54) is 17.4 Å². The van der Waals surface area contributed by atoms with Crippen molar-refractivity contribution in [3.63, 3.8) is 0 Å². The number of nitrogens with zero attached hydrogens (tertiary/aromatic N) is 2. The zero-order chi connectivity index (χ0) is 23.6. The number of rotatable bonds is 8. The molecule has 1 heterocycles. The average molecular weight is 531 g/mol. The van der Waals surface area contributed by atoms with E-state index in [9.17, 15) is 9.59 Å². The lowest BCUT2D eigenvalue weighted by molar-refractivity contribution is -0.119. The van der Waals surface area contributed by atoms with E-state index >= 15 is 0 Å². The van der Waals surface area contributed by atoms with E-state index in [1.807, 2.05) is 18.2 Å². The van der Waals surface area contributed by atoms with E-state index in [2.05, 4.69) is 32.0 Å². The molecule has 0 spiro atoms. The molecule has 0 aliphatic carbocycles. The fraction of sp³-hybridized carbons (Fsp3) is 0.364. The van der Waals surface area contributed by atoms with Gasteiger partial charge in [0, 0.05) is 52.6 Å². The molecule has 1 saturated heterocycles. The third-order valence-corrected chi connectivity index (χ3v) is 6.69. The predicted molar refractivity (Wildman–Crippen MR) is 139 cm³/mol. The lowest BCUT2D eigenvalue weighted by atomic mass is 10.2. The van der Waals surface area contributed by atoms with Crippen LogP contribution in [0.15, 0.2) is 42.5 Å². The molecule has 3 N–H and O–H groups in total. The molecular formula is C22H26Cl3N5O2S. The first kappa shape index (κ1) is 25.8. The van der Waals surface area contributed by atoms with Crippen LogP contribution >= 0.6 is 46.6 Å². The van der Waals surface area contributed by atoms with Gasteiger partial charge in [0.2, 0.25) is 5.91 Å². The van der Waals surface area contributed by atoms with E-state index in [1.54, 1.807) is 18.2 Å². The number of carbonyl (C=O) groups excluding carboxylic acids is 2. The molecule has 7 nitrogen and oxygen atoms in total. The maximum Gasteiger partial charge on any atom is 0.337 e. The highest BCUT2D eigenvalue weighted by Crippen LogP contribution is 2.22. The predicted octanol–water partition coefficient (Wildman–Crippen LogP) is 4.75. The van der Waals surface area contributed by atoms with Crippen LogP contribution in [-0.4, -0.2) is 61.1 Å². The molecule has 1 aliphatic rings. The van der Waals surface area contributed by atoms with Crippen LogP contribution in [0.2, 0.25) is 15.1 Å². The van der Waals surface area contributed by atoms with Crippen molar-refractivity contribution in [2.24, 2.45) is 0 Å². The van der Waals surface area contributed by atoms with Gasteiger partial charge in [0.25, 0.3) is 0 Å². The van der Waals surface area contributed by atoms with Gasteiger partial charge < -0.3 is 10.2 Å². The summed E-state index contributed by atoms with van der Waals surface area (Å²) in [5.41, 5.74) is 6.30. The summed E-state index contributed by atoms with van der Waals surface area (Å²) < 4.78 is 0. The Morgan fingerprint density at radius 3 is 2.33 bits per heavy atom. The number of hydrogen-bond acceptors (Lipinski definition) is 5. The molecule has 2 aromatic rings. The second-order valence-corrected chi connectivity index (χ2v) is 9.91. The van der Waals surface area contributed by atoms with Gasteiger partial charge in [0.1, 0.15) is 0 Å². The molecule has 33 heavy (non-hydrogen) atoms. The van der Waals surface area contributed by atoms with E-state index in [0.717, 1.165) is 49.9 Å². The molecular weight excluding hydrogens is 505 g/mol. The van der Waals surface area contributed by atoms with Crippen molar-refractivity contribution in [2.75, 3.05) is 54.4 Å². The van der Waals surface area contributed by atoms with Crippen molar-refractivity contribution in [3.05, 3.63) is 57.5 Å². The summed E-state index contributed by atoms with van der Waals surface area (Å²) in [5, 5.41) is 4.12. The van der Waals surface area contributed by atoms with Crippen LogP contribution in [0.25, 0.3) is 0 Å². The topological polar surface area (TPSA) is 76.7 Å². The highest BCUT2D eigenvalue weighted by Gasteiger charge is 2.17. The second kappa shape index (κ2) is 13.2. The van der Waals surface area contributed by atoms with Gasteiger partial charge in [-0.25, -0.2) is 10.2 Å². The van der Waals surface area contributed by atoms with E-state index < -0.39 is 6.03 Å². The van der Waals surface area contributed by atoms with Crippen LogP contribution in [0, 0.1) is 0 Å². The largest absolute Gasteiger partial charge is 0.369 e. The van der Waals surface area contributed by atoms with Crippen LogP contribution in [0.4, 0.5) is 16.2 Å². The van der Waals surface area contributed by atoms with Crippen LogP contribution in [0.3, 0.4) is 0 Å². The zero-order valence-corrected chi connectivity index (χ0v) is 21.0. The van der Waals surface area contributed by atoms with Gasteiger partial charge in [-0.2, -0.15) is 11.8 Å². The summed E-state index contributed by atoms with van der Waals surface area (Å²) in [6.07, 6.45) is 0.999. The van der Waals surface area contributed by atoms with Gasteiger partial charge in [0.05, 0.1) is 5.75 Å². The number of anilines is 2. The molecule has 1 fully saturated rings. The number of hydrogen-bond donors (Lipinski definition) is 3. The Morgan fingerprint density at radius 1 is 0.909 bits per heavy atom. The van der Waals surface area contributed by atoms with Crippen LogP contribution in [0.5, 0.6) is 0 Å². The molecule has 3 amide bonds. The van der Waals surface area contributed by atoms with E-state index in [-0.39, 0.29) is 11.7 Å². The fourth-order valence-corrected chi connectivity index (χ4v) is 4.85.